The normalized spacial score (nSPS) is 29.6. The van der Waals surface area contributed by atoms with Gasteiger partial charge < -0.3 is 10.1 Å². The maximum Gasteiger partial charge on any atom is 0.119 e. The van der Waals surface area contributed by atoms with Crippen LogP contribution in [0.25, 0.3) is 0 Å². The van der Waals surface area contributed by atoms with Gasteiger partial charge in [-0.15, -0.1) is 0 Å². The van der Waals surface area contributed by atoms with Crippen molar-refractivity contribution < 1.29 is 4.74 Å². The van der Waals surface area contributed by atoms with E-state index in [1.54, 1.807) is 0 Å². The van der Waals surface area contributed by atoms with Crippen molar-refractivity contribution in [2.24, 2.45) is 17.8 Å². The highest BCUT2D eigenvalue weighted by molar-refractivity contribution is 5.28. The van der Waals surface area contributed by atoms with Crippen LogP contribution in [0.2, 0.25) is 0 Å². The van der Waals surface area contributed by atoms with E-state index in [0.717, 1.165) is 36.7 Å². The Balaban J connectivity index is 1.52. The van der Waals surface area contributed by atoms with E-state index in [9.17, 15) is 0 Å². The van der Waals surface area contributed by atoms with Crippen LogP contribution < -0.4 is 10.1 Å². The lowest BCUT2D eigenvalue weighted by Gasteiger charge is -2.28. The summed E-state index contributed by atoms with van der Waals surface area (Å²) in [5.74, 6) is 3.93. The molecule has 4 unspecified atom stereocenters. The summed E-state index contributed by atoms with van der Waals surface area (Å²) in [6, 6.07) is 9.10. The number of rotatable bonds is 6. The summed E-state index contributed by atoms with van der Waals surface area (Å²) in [5, 5.41) is 3.74. The Kier molecular flexibility index (Phi) is 4.30. The minimum atomic E-state index is 0.640. The topological polar surface area (TPSA) is 21.3 Å². The molecule has 110 valence electrons. The van der Waals surface area contributed by atoms with E-state index in [4.69, 9.17) is 4.74 Å². The van der Waals surface area contributed by atoms with Gasteiger partial charge >= 0.3 is 0 Å². The third-order valence-electron chi connectivity index (χ3n) is 5.27. The molecule has 1 N–H and O–H groups in total. The van der Waals surface area contributed by atoms with Crippen LogP contribution in [-0.2, 0) is 6.54 Å². The van der Waals surface area contributed by atoms with Crippen molar-refractivity contribution in [2.45, 2.75) is 52.1 Å². The second-order valence-electron chi connectivity index (χ2n) is 6.59. The second kappa shape index (κ2) is 6.17. The van der Waals surface area contributed by atoms with Gasteiger partial charge in [-0.25, -0.2) is 0 Å². The molecule has 3 rings (SSSR count). The molecule has 1 aromatic rings. The molecule has 2 aliphatic carbocycles. The molecule has 2 bridgehead atoms. The molecule has 0 saturated heterocycles. The van der Waals surface area contributed by atoms with Gasteiger partial charge in [0.2, 0.25) is 0 Å². The molecule has 0 amide bonds. The van der Waals surface area contributed by atoms with E-state index in [0.29, 0.717) is 6.04 Å². The van der Waals surface area contributed by atoms with Crippen LogP contribution in [0.15, 0.2) is 24.3 Å². The Labute approximate surface area is 122 Å². The fraction of sp³-hybridized carbons (Fsp3) is 0.667. The average molecular weight is 273 g/mol. The molecule has 4 atom stereocenters. The molecule has 0 spiro atoms. The zero-order valence-corrected chi connectivity index (χ0v) is 12.8. The SMILES string of the molecule is CCOc1cccc(CNC(C)C2CC3CCC2C3)c1. The Morgan fingerprint density at radius 1 is 1.30 bits per heavy atom. The van der Waals surface area contributed by atoms with E-state index in [1.165, 1.54) is 31.2 Å². The molecule has 2 saturated carbocycles. The van der Waals surface area contributed by atoms with Gasteiger partial charge in [0.05, 0.1) is 6.61 Å². The van der Waals surface area contributed by atoms with Crippen molar-refractivity contribution in [2.75, 3.05) is 6.61 Å². The van der Waals surface area contributed by atoms with E-state index < -0.39 is 0 Å². The van der Waals surface area contributed by atoms with Crippen molar-refractivity contribution in [3.05, 3.63) is 29.8 Å². The molecule has 20 heavy (non-hydrogen) atoms. The van der Waals surface area contributed by atoms with Gasteiger partial charge in [-0.3, -0.25) is 0 Å². The molecule has 2 nitrogen and oxygen atoms in total. The summed E-state index contributed by atoms with van der Waals surface area (Å²) in [4.78, 5) is 0. The Bertz CT molecular complexity index is 445. The molecule has 0 aliphatic heterocycles. The molecule has 1 aromatic carbocycles. The second-order valence-corrected chi connectivity index (χ2v) is 6.59. The monoisotopic (exact) mass is 273 g/mol. The van der Waals surface area contributed by atoms with E-state index in [1.807, 2.05) is 13.0 Å². The largest absolute Gasteiger partial charge is 0.494 e. The van der Waals surface area contributed by atoms with Crippen LogP contribution in [-0.4, -0.2) is 12.6 Å². The minimum absolute atomic E-state index is 0.640. The summed E-state index contributed by atoms with van der Waals surface area (Å²) in [7, 11) is 0. The summed E-state index contributed by atoms with van der Waals surface area (Å²) < 4.78 is 5.57. The first-order chi connectivity index (χ1) is 9.76. The first-order valence-corrected chi connectivity index (χ1v) is 8.21. The van der Waals surface area contributed by atoms with Crippen LogP contribution >= 0.6 is 0 Å². The van der Waals surface area contributed by atoms with Crippen molar-refractivity contribution >= 4 is 0 Å². The van der Waals surface area contributed by atoms with Gasteiger partial charge in [-0.2, -0.15) is 0 Å². The first kappa shape index (κ1) is 13.9. The Morgan fingerprint density at radius 2 is 2.20 bits per heavy atom. The number of fused-ring (bicyclic) bond motifs is 2. The van der Waals surface area contributed by atoms with E-state index >= 15 is 0 Å². The standard InChI is InChI=1S/C18H27NO/c1-3-20-17-6-4-5-15(10-17)12-19-13(2)18-11-14-7-8-16(18)9-14/h4-6,10,13-14,16,18-19H,3,7-9,11-12H2,1-2H3. The zero-order chi connectivity index (χ0) is 13.9. The lowest BCUT2D eigenvalue weighted by molar-refractivity contribution is 0.259. The van der Waals surface area contributed by atoms with E-state index in [2.05, 4.69) is 30.4 Å². The Hall–Kier alpha value is -1.02. The van der Waals surface area contributed by atoms with Gasteiger partial charge in [-0.05, 0) is 68.6 Å². The van der Waals surface area contributed by atoms with E-state index in [-0.39, 0.29) is 0 Å². The number of hydrogen-bond donors (Lipinski definition) is 1. The maximum absolute atomic E-state index is 5.57. The van der Waals surface area contributed by atoms with Crippen molar-refractivity contribution in [3.8, 4) is 5.75 Å². The van der Waals surface area contributed by atoms with Crippen LogP contribution in [0.1, 0.15) is 45.1 Å². The van der Waals surface area contributed by atoms with Crippen LogP contribution in [0, 0.1) is 17.8 Å². The average Bonchev–Trinajstić information content (AvgIpc) is 3.08. The van der Waals surface area contributed by atoms with Gasteiger partial charge in [0, 0.05) is 12.6 Å². The zero-order valence-electron chi connectivity index (χ0n) is 12.8. The predicted molar refractivity (Wildman–Crippen MR) is 82.9 cm³/mol. The fourth-order valence-corrected chi connectivity index (χ4v) is 4.25. The number of nitrogens with one attached hydrogen (secondary N) is 1. The molecular weight excluding hydrogens is 246 g/mol. The molecule has 0 aromatic heterocycles. The molecule has 0 heterocycles. The number of hydrogen-bond acceptors (Lipinski definition) is 2. The highest BCUT2D eigenvalue weighted by atomic mass is 16.5. The predicted octanol–water partition coefficient (Wildman–Crippen LogP) is 4.00. The van der Waals surface area contributed by atoms with Crippen LogP contribution in [0.5, 0.6) is 5.75 Å². The van der Waals surface area contributed by atoms with Gasteiger partial charge in [0.25, 0.3) is 0 Å². The highest BCUT2D eigenvalue weighted by Gasteiger charge is 2.41. The lowest BCUT2D eigenvalue weighted by Crippen LogP contribution is -2.35. The van der Waals surface area contributed by atoms with Crippen LogP contribution in [0.4, 0.5) is 0 Å². The quantitative estimate of drug-likeness (QED) is 0.846. The summed E-state index contributed by atoms with van der Waals surface area (Å²) in [6.45, 7) is 6.09. The van der Waals surface area contributed by atoms with Gasteiger partial charge in [0.1, 0.15) is 5.75 Å². The Morgan fingerprint density at radius 3 is 2.90 bits per heavy atom. The van der Waals surface area contributed by atoms with Crippen LogP contribution in [0.3, 0.4) is 0 Å². The van der Waals surface area contributed by atoms with Gasteiger partial charge in [-0.1, -0.05) is 18.6 Å². The molecule has 0 radical (unpaired) electrons. The number of ether oxygens (including phenoxy) is 1. The van der Waals surface area contributed by atoms with Crippen molar-refractivity contribution in [1.29, 1.82) is 0 Å². The summed E-state index contributed by atoms with van der Waals surface area (Å²) in [6.07, 6.45) is 5.92. The summed E-state index contributed by atoms with van der Waals surface area (Å²) in [5.41, 5.74) is 1.32. The maximum atomic E-state index is 5.57. The highest BCUT2D eigenvalue weighted by Crippen LogP contribution is 2.49. The van der Waals surface area contributed by atoms with Gasteiger partial charge in [0.15, 0.2) is 0 Å². The minimum Gasteiger partial charge on any atom is -0.494 e. The molecule has 2 fully saturated rings. The third-order valence-corrected chi connectivity index (χ3v) is 5.27. The number of benzene rings is 1. The molecule has 2 heteroatoms. The van der Waals surface area contributed by atoms with Crippen molar-refractivity contribution in [1.82, 2.24) is 5.32 Å². The third kappa shape index (κ3) is 3.01. The van der Waals surface area contributed by atoms with Crippen molar-refractivity contribution in [3.63, 3.8) is 0 Å². The smallest absolute Gasteiger partial charge is 0.119 e. The fourth-order valence-electron chi connectivity index (χ4n) is 4.25. The molecular formula is C18H27NO. The molecule has 2 aliphatic rings. The summed E-state index contributed by atoms with van der Waals surface area (Å²) >= 11 is 0. The lowest BCUT2D eigenvalue weighted by atomic mass is 9.84. The first-order valence-electron chi connectivity index (χ1n) is 8.21.